The van der Waals surface area contributed by atoms with Gasteiger partial charge in [-0.3, -0.25) is 4.79 Å². The molecule has 164 valence electrons. The van der Waals surface area contributed by atoms with Crippen molar-refractivity contribution in [3.8, 4) is 5.75 Å². The summed E-state index contributed by atoms with van der Waals surface area (Å²) >= 11 is 0. The standard InChI is InChI=1S/C25H25N3O4/c1-15(2)23(28-25(30)26-16-9-5-4-6-10-16)24(29)27-19-14-21-18(13-22(19)31-3)17-11-7-8-12-20(17)32-21/h4-15,23H,1-3H3,(H,27,29)(H2,26,28,30)/t23-/m0/s1. The molecule has 0 saturated carbocycles. The predicted octanol–water partition coefficient (Wildman–Crippen LogP) is 5.38. The fourth-order valence-corrected chi connectivity index (χ4v) is 3.59. The zero-order chi connectivity index (χ0) is 22.7. The Hall–Kier alpha value is -4.00. The van der Waals surface area contributed by atoms with Crippen LogP contribution in [0.15, 0.2) is 71.1 Å². The van der Waals surface area contributed by atoms with Gasteiger partial charge in [-0.2, -0.15) is 0 Å². The lowest BCUT2D eigenvalue weighted by atomic mass is 10.0. The molecule has 4 rings (SSSR count). The maximum atomic E-state index is 13.1. The van der Waals surface area contributed by atoms with Gasteiger partial charge in [0.25, 0.3) is 0 Å². The summed E-state index contributed by atoms with van der Waals surface area (Å²) in [5.41, 5.74) is 2.51. The highest BCUT2D eigenvalue weighted by atomic mass is 16.5. The highest BCUT2D eigenvalue weighted by Gasteiger charge is 2.25. The maximum absolute atomic E-state index is 13.1. The number of carbonyl (C=O) groups excluding carboxylic acids is 2. The Morgan fingerprint density at radius 1 is 0.875 bits per heavy atom. The third-order valence-electron chi connectivity index (χ3n) is 5.22. The van der Waals surface area contributed by atoms with E-state index in [4.69, 9.17) is 9.15 Å². The van der Waals surface area contributed by atoms with Crippen molar-refractivity contribution in [2.24, 2.45) is 5.92 Å². The number of anilines is 2. The number of carbonyl (C=O) groups is 2. The highest BCUT2D eigenvalue weighted by Crippen LogP contribution is 2.36. The van der Waals surface area contributed by atoms with Crippen LogP contribution in [-0.2, 0) is 4.79 Å². The summed E-state index contributed by atoms with van der Waals surface area (Å²) in [7, 11) is 1.55. The lowest BCUT2D eigenvalue weighted by molar-refractivity contribution is -0.118. The van der Waals surface area contributed by atoms with E-state index in [1.807, 2.05) is 62.4 Å². The summed E-state index contributed by atoms with van der Waals surface area (Å²) in [5.74, 6) is 0.0167. The number of rotatable bonds is 6. The van der Waals surface area contributed by atoms with Crippen LogP contribution in [0.4, 0.5) is 16.2 Å². The summed E-state index contributed by atoms with van der Waals surface area (Å²) in [6.45, 7) is 3.74. The molecule has 7 heteroatoms. The lowest BCUT2D eigenvalue weighted by Gasteiger charge is -2.22. The van der Waals surface area contributed by atoms with Gasteiger partial charge in [-0.15, -0.1) is 0 Å². The second-order valence-corrected chi connectivity index (χ2v) is 7.82. The molecule has 3 N–H and O–H groups in total. The number of nitrogens with one attached hydrogen (secondary N) is 3. The number of amides is 3. The molecule has 3 aromatic carbocycles. The first-order chi connectivity index (χ1) is 15.5. The Morgan fingerprint density at radius 2 is 1.59 bits per heavy atom. The van der Waals surface area contributed by atoms with Gasteiger partial charge >= 0.3 is 6.03 Å². The van der Waals surface area contributed by atoms with Crippen molar-refractivity contribution < 1.29 is 18.7 Å². The molecule has 32 heavy (non-hydrogen) atoms. The van der Waals surface area contributed by atoms with E-state index in [0.717, 1.165) is 16.4 Å². The van der Waals surface area contributed by atoms with E-state index in [9.17, 15) is 9.59 Å². The van der Waals surface area contributed by atoms with E-state index in [1.165, 1.54) is 0 Å². The van der Waals surface area contributed by atoms with Crippen molar-refractivity contribution in [3.05, 3.63) is 66.7 Å². The van der Waals surface area contributed by atoms with Crippen LogP contribution < -0.4 is 20.7 Å². The van der Waals surface area contributed by atoms with Crippen LogP contribution in [0, 0.1) is 5.92 Å². The van der Waals surface area contributed by atoms with Gasteiger partial charge in [0.15, 0.2) is 0 Å². The minimum atomic E-state index is -0.755. The summed E-state index contributed by atoms with van der Waals surface area (Å²) < 4.78 is 11.4. The van der Waals surface area contributed by atoms with Crippen LogP contribution in [0.1, 0.15) is 13.8 Å². The zero-order valence-electron chi connectivity index (χ0n) is 18.1. The third-order valence-corrected chi connectivity index (χ3v) is 5.22. The Morgan fingerprint density at radius 3 is 2.31 bits per heavy atom. The molecular formula is C25H25N3O4. The SMILES string of the molecule is COc1cc2c(cc1NC(=O)[C@@H](NC(=O)Nc1ccccc1)C(C)C)oc1ccccc12. The molecule has 0 saturated heterocycles. The smallest absolute Gasteiger partial charge is 0.319 e. The minimum Gasteiger partial charge on any atom is -0.495 e. The average molecular weight is 431 g/mol. The van der Waals surface area contributed by atoms with Crippen molar-refractivity contribution in [1.82, 2.24) is 5.32 Å². The second-order valence-electron chi connectivity index (χ2n) is 7.82. The molecule has 0 radical (unpaired) electrons. The molecule has 0 spiro atoms. The fourth-order valence-electron chi connectivity index (χ4n) is 3.59. The molecule has 3 amide bonds. The van der Waals surface area contributed by atoms with E-state index in [0.29, 0.717) is 22.7 Å². The molecule has 0 aliphatic rings. The molecule has 1 aromatic heterocycles. The number of urea groups is 1. The Bertz CT molecular complexity index is 1260. The first-order valence-electron chi connectivity index (χ1n) is 10.4. The van der Waals surface area contributed by atoms with Gasteiger partial charge in [-0.1, -0.05) is 50.2 Å². The van der Waals surface area contributed by atoms with Crippen molar-refractivity contribution in [2.75, 3.05) is 17.7 Å². The van der Waals surface area contributed by atoms with Crippen LogP contribution >= 0.6 is 0 Å². The van der Waals surface area contributed by atoms with E-state index < -0.39 is 12.1 Å². The quantitative estimate of drug-likeness (QED) is 0.382. The van der Waals surface area contributed by atoms with E-state index in [2.05, 4.69) is 16.0 Å². The minimum absolute atomic E-state index is 0.141. The Kier molecular flexibility index (Phi) is 5.98. The van der Waals surface area contributed by atoms with Crippen molar-refractivity contribution in [3.63, 3.8) is 0 Å². The van der Waals surface area contributed by atoms with Gasteiger partial charge in [-0.25, -0.2) is 4.79 Å². The number of hydrogen-bond acceptors (Lipinski definition) is 4. The second kappa shape index (κ2) is 9.01. The van der Waals surface area contributed by atoms with E-state index in [1.54, 1.807) is 25.3 Å². The van der Waals surface area contributed by atoms with Gasteiger partial charge in [0.2, 0.25) is 5.91 Å². The van der Waals surface area contributed by atoms with Gasteiger partial charge in [0.1, 0.15) is 23.0 Å². The molecule has 0 bridgehead atoms. The molecule has 7 nitrogen and oxygen atoms in total. The number of furan rings is 1. The number of methoxy groups -OCH3 is 1. The number of para-hydroxylation sites is 2. The molecular weight excluding hydrogens is 406 g/mol. The molecule has 1 heterocycles. The van der Waals surface area contributed by atoms with Crippen LogP contribution in [-0.4, -0.2) is 25.1 Å². The molecule has 0 aliphatic heterocycles. The van der Waals surface area contributed by atoms with Gasteiger partial charge in [0, 0.05) is 22.5 Å². The number of ether oxygens (including phenoxy) is 1. The van der Waals surface area contributed by atoms with E-state index >= 15 is 0 Å². The van der Waals surface area contributed by atoms with Crippen LogP contribution in [0.5, 0.6) is 5.75 Å². The predicted molar refractivity (Wildman–Crippen MR) is 126 cm³/mol. The molecule has 0 fully saturated rings. The van der Waals surface area contributed by atoms with Crippen LogP contribution in [0.3, 0.4) is 0 Å². The summed E-state index contributed by atoms with van der Waals surface area (Å²) in [5, 5.41) is 10.2. The highest BCUT2D eigenvalue weighted by molar-refractivity contribution is 6.08. The molecule has 4 aromatic rings. The van der Waals surface area contributed by atoms with Gasteiger partial charge < -0.3 is 25.1 Å². The Labute approximate surface area is 185 Å². The third kappa shape index (κ3) is 4.37. The topological polar surface area (TPSA) is 92.6 Å². The largest absolute Gasteiger partial charge is 0.495 e. The first-order valence-corrected chi connectivity index (χ1v) is 10.4. The van der Waals surface area contributed by atoms with Crippen LogP contribution in [0.25, 0.3) is 21.9 Å². The monoisotopic (exact) mass is 431 g/mol. The van der Waals surface area contributed by atoms with Crippen molar-refractivity contribution >= 4 is 45.3 Å². The molecule has 0 aliphatic carbocycles. The molecule has 0 unspecified atom stereocenters. The van der Waals surface area contributed by atoms with Crippen molar-refractivity contribution in [2.45, 2.75) is 19.9 Å². The normalized spacial score (nSPS) is 12.0. The average Bonchev–Trinajstić information content (AvgIpc) is 3.14. The Balaban J connectivity index is 1.56. The lowest BCUT2D eigenvalue weighted by Crippen LogP contribution is -2.48. The summed E-state index contributed by atoms with van der Waals surface area (Å²) in [4.78, 5) is 25.5. The fraction of sp³-hybridized carbons (Fsp3) is 0.200. The summed E-state index contributed by atoms with van der Waals surface area (Å²) in [6.07, 6.45) is 0. The number of benzene rings is 3. The zero-order valence-corrected chi connectivity index (χ0v) is 18.1. The number of hydrogen-bond donors (Lipinski definition) is 3. The van der Waals surface area contributed by atoms with Gasteiger partial charge in [-0.05, 0) is 30.2 Å². The van der Waals surface area contributed by atoms with Crippen LogP contribution in [0.2, 0.25) is 0 Å². The van der Waals surface area contributed by atoms with Gasteiger partial charge in [0.05, 0.1) is 12.8 Å². The summed E-state index contributed by atoms with van der Waals surface area (Å²) in [6, 6.07) is 19.2. The van der Waals surface area contributed by atoms with Crippen molar-refractivity contribution in [1.29, 1.82) is 0 Å². The number of fused-ring (bicyclic) bond motifs is 3. The molecule has 1 atom stereocenters. The maximum Gasteiger partial charge on any atom is 0.319 e. The van der Waals surface area contributed by atoms with E-state index in [-0.39, 0.29) is 11.8 Å². The first kappa shape index (κ1) is 21.2.